The second kappa shape index (κ2) is 5.23. The molecule has 8 heteroatoms. The van der Waals surface area contributed by atoms with E-state index in [2.05, 4.69) is 4.18 Å². The van der Waals surface area contributed by atoms with Crippen LogP contribution in [0.1, 0.15) is 20.3 Å². The Balaban J connectivity index is 4.16. The second-order valence-corrected chi connectivity index (χ2v) is 6.30. The molecule has 2 unspecified atom stereocenters. The number of hydrogen-bond acceptors (Lipinski definition) is 5. The van der Waals surface area contributed by atoms with E-state index in [1.807, 2.05) is 0 Å². The van der Waals surface area contributed by atoms with Crippen molar-refractivity contribution in [3.8, 4) is 0 Å². The van der Waals surface area contributed by atoms with Gasteiger partial charge in [0, 0.05) is 0 Å². The molecule has 0 fully saturated rings. The second-order valence-electron chi connectivity index (χ2n) is 2.91. The minimum Gasteiger partial charge on any atom is -0.323 e. The Bertz CT molecular complexity index is 310. The minimum atomic E-state index is -3.96. The fraction of sp³-hybridized carbons (Fsp3) is 1.00. The number of hydrogen-bond donors (Lipinski definition) is 1. The van der Waals surface area contributed by atoms with Crippen LogP contribution in [-0.4, -0.2) is 32.0 Å². The molecule has 1 N–H and O–H groups in total. The Kier molecular flexibility index (Phi) is 5.25. The van der Waals surface area contributed by atoms with Crippen LogP contribution in [0, 0.1) is 0 Å². The highest BCUT2D eigenvalue weighted by Crippen LogP contribution is 2.43. The van der Waals surface area contributed by atoms with Crippen molar-refractivity contribution in [2.24, 2.45) is 0 Å². The zero-order valence-corrected chi connectivity index (χ0v) is 10.0. The monoisotopic (exact) mass is 246 g/mol. The van der Waals surface area contributed by atoms with Crippen LogP contribution >= 0.6 is 7.60 Å². The lowest BCUT2D eigenvalue weighted by molar-refractivity contribution is 0.171. The Morgan fingerprint density at radius 1 is 1.50 bits per heavy atom. The molecule has 14 heavy (non-hydrogen) atoms. The molecule has 0 radical (unpaired) electrons. The predicted molar refractivity (Wildman–Crippen MR) is 51.5 cm³/mol. The van der Waals surface area contributed by atoms with Gasteiger partial charge < -0.3 is 9.42 Å². The third-order valence-corrected chi connectivity index (χ3v) is 3.21. The van der Waals surface area contributed by atoms with Gasteiger partial charge in [0.05, 0.1) is 12.4 Å². The topological polar surface area (TPSA) is 89.9 Å². The van der Waals surface area contributed by atoms with E-state index in [1.165, 1.54) is 0 Å². The van der Waals surface area contributed by atoms with Crippen molar-refractivity contribution < 1.29 is 26.6 Å². The molecule has 0 aromatic heterocycles. The van der Waals surface area contributed by atoms with Crippen LogP contribution in [0.15, 0.2) is 0 Å². The zero-order valence-electron chi connectivity index (χ0n) is 8.34. The smallest absolute Gasteiger partial charge is 0.323 e. The summed E-state index contributed by atoms with van der Waals surface area (Å²) in [5.41, 5.74) is 0. The summed E-state index contributed by atoms with van der Waals surface area (Å²) >= 11 is 0. The third-order valence-electron chi connectivity index (χ3n) is 1.35. The van der Waals surface area contributed by atoms with Crippen LogP contribution in [0.3, 0.4) is 0 Å². The predicted octanol–water partition coefficient (Wildman–Crippen LogP) is 0.921. The van der Waals surface area contributed by atoms with Gasteiger partial charge in [-0.1, -0.05) is 6.92 Å². The molecule has 0 saturated carbocycles. The molecular weight excluding hydrogens is 231 g/mol. The molecule has 0 aliphatic heterocycles. The van der Waals surface area contributed by atoms with Gasteiger partial charge in [-0.3, -0.25) is 8.75 Å². The highest BCUT2D eigenvalue weighted by atomic mass is 32.2. The van der Waals surface area contributed by atoms with Crippen LogP contribution < -0.4 is 0 Å². The largest absolute Gasteiger partial charge is 0.355 e. The van der Waals surface area contributed by atoms with Gasteiger partial charge in [-0.05, 0) is 13.3 Å². The standard InChI is InChI=1S/C6H15O6PS/c1-4-6(2)12-13(7,8)5-11-14(3,9)10/h6H,4-5H2,1-3H3,(H,7,8). The van der Waals surface area contributed by atoms with Crippen molar-refractivity contribution in [3.05, 3.63) is 0 Å². The zero-order chi connectivity index (χ0) is 11.4. The summed E-state index contributed by atoms with van der Waals surface area (Å²) in [7, 11) is -7.68. The summed E-state index contributed by atoms with van der Waals surface area (Å²) in [5.74, 6) is 0. The summed E-state index contributed by atoms with van der Waals surface area (Å²) in [6, 6.07) is 0. The highest BCUT2D eigenvalue weighted by Gasteiger charge is 2.24. The fourth-order valence-electron chi connectivity index (χ4n) is 0.548. The SMILES string of the molecule is CCC(C)OP(=O)(O)COS(C)(=O)=O. The first-order chi connectivity index (χ1) is 6.16. The van der Waals surface area contributed by atoms with Crippen LogP contribution in [0.25, 0.3) is 0 Å². The molecule has 0 bridgehead atoms. The molecule has 6 nitrogen and oxygen atoms in total. The Morgan fingerprint density at radius 3 is 2.36 bits per heavy atom. The molecule has 0 aromatic carbocycles. The lowest BCUT2D eigenvalue weighted by Crippen LogP contribution is -2.10. The molecule has 0 spiro atoms. The van der Waals surface area contributed by atoms with E-state index >= 15 is 0 Å². The van der Waals surface area contributed by atoms with E-state index in [0.717, 1.165) is 6.26 Å². The lowest BCUT2D eigenvalue weighted by Gasteiger charge is -2.15. The summed E-state index contributed by atoms with van der Waals surface area (Å²) in [4.78, 5) is 9.12. The van der Waals surface area contributed by atoms with Crippen LogP contribution in [0.2, 0.25) is 0 Å². The van der Waals surface area contributed by atoms with Gasteiger partial charge in [0.2, 0.25) is 0 Å². The van der Waals surface area contributed by atoms with Crippen molar-refractivity contribution in [1.82, 2.24) is 0 Å². The summed E-state index contributed by atoms with van der Waals surface area (Å²) in [6.45, 7) is 3.39. The summed E-state index contributed by atoms with van der Waals surface area (Å²) in [6.07, 6.45) is 0.115. The van der Waals surface area contributed by atoms with Gasteiger partial charge in [-0.25, -0.2) is 0 Å². The molecule has 0 aliphatic rings. The van der Waals surface area contributed by atoms with Gasteiger partial charge in [0.25, 0.3) is 10.1 Å². The van der Waals surface area contributed by atoms with Crippen molar-refractivity contribution in [1.29, 1.82) is 0 Å². The molecule has 2 atom stereocenters. The van der Waals surface area contributed by atoms with E-state index in [4.69, 9.17) is 9.42 Å². The average Bonchev–Trinajstić information content (AvgIpc) is 1.99. The molecule has 0 rings (SSSR count). The molecular formula is C6H15O6PS. The Morgan fingerprint density at radius 2 is 2.00 bits per heavy atom. The summed E-state index contributed by atoms with van der Waals surface area (Å²) in [5, 5.41) is 0. The van der Waals surface area contributed by atoms with E-state index in [1.54, 1.807) is 13.8 Å². The van der Waals surface area contributed by atoms with Crippen LogP contribution in [0.4, 0.5) is 0 Å². The van der Waals surface area contributed by atoms with Crippen LogP contribution in [-0.2, 0) is 23.4 Å². The first kappa shape index (κ1) is 14.1. The Hall–Kier alpha value is 0.0600. The van der Waals surface area contributed by atoms with Gasteiger partial charge in [-0.2, -0.15) is 8.42 Å². The van der Waals surface area contributed by atoms with E-state index < -0.39 is 30.2 Å². The molecule has 0 amide bonds. The molecule has 0 saturated heterocycles. The Labute approximate surface area is 83.9 Å². The molecule has 0 heterocycles. The highest BCUT2D eigenvalue weighted by molar-refractivity contribution is 7.86. The molecule has 0 aliphatic carbocycles. The van der Waals surface area contributed by atoms with E-state index in [-0.39, 0.29) is 0 Å². The minimum absolute atomic E-state index is 0.408. The quantitative estimate of drug-likeness (QED) is 0.553. The van der Waals surface area contributed by atoms with Gasteiger partial charge in [0.1, 0.15) is 0 Å². The number of rotatable bonds is 6. The van der Waals surface area contributed by atoms with Crippen molar-refractivity contribution in [2.75, 3.05) is 12.6 Å². The molecule has 86 valence electrons. The third kappa shape index (κ3) is 7.46. The van der Waals surface area contributed by atoms with Crippen molar-refractivity contribution in [3.63, 3.8) is 0 Å². The average molecular weight is 246 g/mol. The van der Waals surface area contributed by atoms with Gasteiger partial charge in [-0.15, -0.1) is 0 Å². The van der Waals surface area contributed by atoms with Crippen LogP contribution in [0.5, 0.6) is 0 Å². The first-order valence-corrected chi connectivity index (χ1v) is 7.59. The lowest BCUT2D eigenvalue weighted by atomic mass is 10.3. The maximum Gasteiger partial charge on any atom is 0.355 e. The first-order valence-electron chi connectivity index (χ1n) is 4.01. The fourth-order valence-corrected chi connectivity index (χ4v) is 2.62. The maximum absolute atomic E-state index is 11.2. The van der Waals surface area contributed by atoms with Gasteiger partial charge in [0.15, 0.2) is 6.35 Å². The summed E-state index contributed by atoms with van der Waals surface area (Å²) < 4.78 is 41.1. The maximum atomic E-state index is 11.2. The normalized spacial score (nSPS) is 18.9. The van der Waals surface area contributed by atoms with E-state index in [9.17, 15) is 13.0 Å². The van der Waals surface area contributed by atoms with Gasteiger partial charge >= 0.3 is 7.60 Å². The van der Waals surface area contributed by atoms with Crippen molar-refractivity contribution >= 4 is 17.7 Å². The van der Waals surface area contributed by atoms with Crippen molar-refractivity contribution in [2.45, 2.75) is 26.4 Å². The van der Waals surface area contributed by atoms with E-state index in [0.29, 0.717) is 6.42 Å². The molecule has 0 aromatic rings.